The highest BCUT2D eigenvalue weighted by Crippen LogP contribution is 2.48. The van der Waals surface area contributed by atoms with Crippen LogP contribution in [0.1, 0.15) is 24.0 Å². The molecule has 2 atom stereocenters. The second-order valence-electron chi connectivity index (χ2n) is 16.2. The molecule has 4 heterocycles. The molecule has 0 saturated carbocycles. The molecule has 2 aliphatic rings. The van der Waals surface area contributed by atoms with Crippen LogP contribution < -0.4 is 0 Å². The molecule has 0 saturated heterocycles. The summed E-state index contributed by atoms with van der Waals surface area (Å²) in [6.07, 6.45) is 13.4. The number of furan rings is 3. The van der Waals surface area contributed by atoms with Crippen molar-refractivity contribution in [1.29, 1.82) is 0 Å². The van der Waals surface area contributed by atoms with Gasteiger partial charge in [0, 0.05) is 60.3 Å². The van der Waals surface area contributed by atoms with E-state index in [1.807, 2.05) is 72.8 Å². The minimum absolute atomic E-state index is 0.115. The second-order valence-corrected chi connectivity index (χ2v) is 16.2. The molecule has 282 valence electrons. The molecule has 6 heteroatoms. The van der Waals surface area contributed by atoms with Crippen LogP contribution in [0.15, 0.2) is 183 Å². The van der Waals surface area contributed by atoms with Crippen LogP contribution >= 0.6 is 0 Å². The van der Waals surface area contributed by atoms with Gasteiger partial charge in [-0.05, 0) is 82.9 Å². The van der Waals surface area contributed by atoms with Gasteiger partial charge in [-0.2, -0.15) is 0 Å². The first-order chi connectivity index (χ1) is 29.5. The van der Waals surface area contributed by atoms with E-state index in [9.17, 15) is 0 Å². The molecule has 0 aliphatic heterocycles. The molecular weight excluding hydrogens is 739 g/mol. The summed E-state index contributed by atoms with van der Waals surface area (Å²) >= 11 is 0. The SMILES string of the molecule is CC12C=CC=CC1c1cc(-c3nc(-c4ccc5oc6ccccc6c5c4)nc(-c4cc(-c5cccc6oc7ccccc7c56)cc5oc6ccccc6c45)n3)ccc1C=C2. The molecule has 0 N–H and O–H groups in total. The van der Waals surface area contributed by atoms with Crippen LogP contribution in [0.4, 0.5) is 0 Å². The van der Waals surface area contributed by atoms with Crippen molar-refractivity contribution < 1.29 is 13.3 Å². The Labute approximate surface area is 343 Å². The van der Waals surface area contributed by atoms with Crippen LogP contribution in [-0.4, -0.2) is 15.0 Å². The first-order valence-electron chi connectivity index (χ1n) is 20.3. The summed E-state index contributed by atoms with van der Waals surface area (Å²) in [5.74, 6) is 1.91. The summed E-state index contributed by atoms with van der Waals surface area (Å²) < 4.78 is 19.3. The van der Waals surface area contributed by atoms with E-state index in [0.717, 1.165) is 93.6 Å². The van der Waals surface area contributed by atoms with Gasteiger partial charge < -0.3 is 13.3 Å². The van der Waals surface area contributed by atoms with Gasteiger partial charge in [0.1, 0.15) is 33.5 Å². The largest absolute Gasteiger partial charge is 0.456 e. The van der Waals surface area contributed by atoms with E-state index >= 15 is 0 Å². The zero-order valence-corrected chi connectivity index (χ0v) is 32.4. The molecule has 7 aromatic carbocycles. The van der Waals surface area contributed by atoms with Gasteiger partial charge in [-0.3, -0.25) is 0 Å². The lowest BCUT2D eigenvalue weighted by atomic mass is 9.67. The van der Waals surface area contributed by atoms with Gasteiger partial charge in [0.2, 0.25) is 0 Å². The smallest absolute Gasteiger partial charge is 0.164 e. The second kappa shape index (κ2) is 12.3. The molecule has 0 spiro atoms. The van der Waals surface area contributed by atoms with Gasteiger partial charge in [-0.15, -0.1) is 0 Å². The van der Waals surface area contributed by atoms with E-state index in [0.29, 0.717) is 17.5 Å². The van der Waals surface area contributed by atoms with Gasteiger partial charge in [0.25, 0.3) is 0 Å². The summed E-state index contributed by atoms with van der Waals surface area (Å²) in [7, 11) is 0. The van der Waals surface area contributed by atoms with Gasteiger partial charge in [-0.1, -0.05) is 122 Å². The Morgan fingerprint density at radius 1 is 0.450 bits per heavy atom. The number of aromatic nitrogens is 3. The van der Waals surface area contributed by atoms with Crippen LogP contribution in [-0.2, 0) is 0 Å². The van der Waals surface area contributed by atoms with E-state index in [1.54, 1.807) is 0 Å². The molecule has 2 aliphatic carbocycles. The maximum atomic E-state index is 6.67. The number of benzene rings is 7. The predicted octanol–water partition coefficient (Wildman–Crippen LogP) is 14.5. The molecule has 0 fully saturated rings. The average Bonchev–Trinajstić information content (AvgIpc) is 3.99. The monoisotopic (exact) mass is 771 g/mol. The number of rotatable bonds is 4. The zero-order valence-electron chi connectivity index (χ0n) is 32.4. The first-order valence-corrected chi connectivity index (χ1v) is 20.3. The first kappa shape index (κ1) is 33.2. The van der Waals surface area contributed by atoms with E-state index < -0.39 is 0 Å². The molecule has 60 heavy (non-hydrogen) atoms. The van der Waals surface area contributed by atoms with E-state index in [4.69, 9.17) is 28.2 Å². The summed E-state index contributed by atoms with van der Waals surface area (Å²) in [6, 6.07) is 47.9. The summed E-state index contributed by atoms with van der Waals surface area (Å²) in [6.45, 7) is 2.29. The van der Waals surface area contributed by atoms with E-state index in [1.165, 1.54) is 11.1 Å². The molecular formula is C54H33N3O3. The Morgan fingerprint density at radius 2 is 1.07 bits per heavy atom. The fourth-order valence-corrected chi connectivity index (χ4v) is 9.57. The normalized spacial score (nSPS) is 17.1. The Kier molecular flexibility index (Phi) is 6.82. The molecule has 2 unspecified atom stereocenters. The van der Waals surface area contributed by atoms with Crippen molar-refractivity contribution in [3.63, 3.8) is 0 Å². The lowest BCUT2D eigenvalue weighted by molar-refractivity contribution is 0.480. The predicted molar refractivity (Wildman–Crippen MR) is 242 cm³/mol. The Hall–Kier alpha value is -7.83. The third-order valence-electron chi connectivity index (χ3n) is 12.5. The quantitative estimate of drug-likeness (QED) is 0.177. The lowest BCUT2D eigenvalue weighted by Crippen LogP contribution is -2.24. The van der Waals surface area contributed by atoms with Crippen molar-refractivity contribution in [3.05, 3.63) is 181 Å². The van der Waals surface area contributed by atoms with E-state index in [2.05, 4.69) is 110 Å². The average molecular weight is 772 g/mol. The van der Waals surface area contributed by atoms with Gasteiger partial charge >= 0.3 is 0 Å². The van der Waals surface area contributed by atoms with Gasteiger partial charge in [-0.25, -0.2) is 15.0 Å². The zero-order chi connectivity index (χ0) is 39.5. The van der Waals surface area contributed by atoms with Crippen molar-refractivity contribution >= 4 is 71.9 Å². The highest BCUT2D eigenvalue weighted by molar-refractivity contribution is 6.16. The van der Waals surface area contributed by atoms with Crippen LogP contribution in [0.2, 0.25) is 0 Å². The van der Waals surface area contributed by atoms with Crippen molar-refractivity contribution in [2.75, 3.05) is 0 Å². The minimum atomic E-state index is -0.115. The van der Waals surface area contributed by atoms with Crippen molar-refractivity contribution in [2.45, 2.75) is 12.8 Å². The number of hydrogen-bond donors (Lipinski definition) is 0. The van der Waals surface area contributed by atoms with Crippen molar-refractivity contribution in [2.24, 2.45) is 5.41 Å². The molecule has 0 bridgehead atoms. The van der Waals surface area contributed by atoms with Crippen LogP contribution in [0.25, 0.3) is 117 Å². The number of fused-ring (bicyclic) bond motifs is 12. The fraction of sp³-hybridized carbons (Fsp3) is 0.0556. The highest BCUT2D eigenvalue weighted by atomic mass is 16.3. The van der Waals surface area contributed by atoms with E-state index in [-0.39, 0.29) is 11.3 Å². The molecule has 11 aromatic rings. The van der Waals surface area contributed by atoms with Crippen molar-refractivity contribution in [3.8, 4) is 45.3 Å². The molecule has 0 radical (unpaired) electrons. The Bertz CT molecular complexity index is 3710. The third-order valence-corrected chi connectivity index (χ3v) is 12.5. The standard InChI is InChI=1S/C54H33N3O3/c1-54-25-9-8-15-42(54)39-27-32(21-20-31(39)24-26-54)51-55-52(33-22-23-46-40(28-33)36-11-2-5-16-43(36)58-46)57-53(56-51)41-29-34(30-48-50(41)38-13-4-7-18-45(38)60-48)35-14-10-19-47-49(35)37-12-3-6-17-44(37)59-47/h2-30,42H,1H3. The van der Waals surface area contributed by atoms with Gasteiger partial charge in [0.05, 0.1) is 0 Å². The molecule has 0 amide bonds. The fourth-order valence-electron chi connectivity index (χ4n) is 9.57. The topological polar surface area (TPSA) is 78.1 Å². The maximum absolute atomic E-state index is 6.67. The molecule has 4 aromatic heterocycles. The van der Waals surface area contributed by atoms with Gasteiger partial charge in [0.15, 0.2) is 17.5 Å². The number of nitrogens with zero attached hydrogens (tertiary/aromatic N) is 3. The third kappa shape index (κ3) is 4.91. The van der Waals surface area contributed by atoms with Crippen LogP contribution in [0.3, 0.4) is 0 Å². The molecule has 13 rings (SSSR count). The van der Waals surface area contributed by atoms with Crippen LogP contribution in [0, 0.1) is 5.41 Å². The number of allylic oxidation sites excluding steroid dienone is 5. The maximum Gasteiger partial charge on any atom is 0.164 e. The number of para-hydroxylation sites is 3. The molecule has 6 nitrogen and oxygen atoms in total. The summed E-state index contributed by atoms with van der Waals surface area (Å²) in [4.78, 5) is 16.0. The van der Waals surface area contributed by atoms with Crippen molar-refractivity contribution in [1.82, 2.24) is 15.0 Å². The van der Waals surface area contributed by atoms with Crippen LogP contribution in [0.5, 0.6) is 0 Å². The Morgan fingerprint density at radius 3 is 1.87 bits per heavy atom. The number of hydrogen-bond acceptors (Lipinski definition) is 6. The minimum Gasteiger partial charge on any atom is -0.456 e. The Balaban J connectivity index is 1.09. The summed E-state index contributed by atoms with van der Waals surface area (Å²) in [5.41, 5.74) is 11.9. The lowest BCUT2D eigenvalue weighted by Gasteiger charge is -2.37. The highest BCUT2D eigenvalue weighted by Gasteiger charge is 2.34. The summed E-state index contributed by atoms with van der Waals surface area (Å²) in [5, 5.41) is 6.10.